The Hall–Kier alpha value is -3.22. The van der Waals surface area contributed by atoms with Gasteiger partial charge >= 0.3 is 5.97 Å². The van der Waals surface area contributed by atoms with E-state index in [2.05, 4.69) is 0 Å². The number of carbonyl (C=O) groups is 2. The van der Waals surface area contributed by atoms with E-state index in [9.17, 15) is 24.8 Å². The highest BCUT2D eigenvalue weighted by Gasteiger charge is 2.43. The van der Waals surface area contributed by atoms with Crippen molar-refractivity contribution in [1.82, 2.24) is 4.90 Å². The van der Waals surface area contributed by atoms with Crippen LogP contribution < -0.4 is 0 Å². The molecule has 2 aromatic carbocycles. The van der Waals surface area contributed by atoms with Gasteiger partial charge in [-0.05, 0) is 24.0 Å². The lowest BCUT2D eigenvalue weighted by atomic mass is 9.73. The van der Waals surface area contributed by atoms with Gasteiger partial charge in [0.25, 0.3) is 5.69 Å². The van der Waals surface area contributed by atoms with Crippen LogP contribution in [0.15, 0.2) is 54.6 Å². The lowest BCUT2D eigenvalue weighted by Crippen LogP contribution is -2.49. The molecule has 7 heteroatoms. The SMILES string of the molecule is O=C(Cc1cccc([N+](=O)[O-])c1)N1CCC(C(=O)O)(c2ccccc2)CC1. The molecular formula is C20H20N2O5. The number of nitro benzene ring substituents is 1. The van der Waals surface area contributed by atoms with Gasteiger partial charge in [-0.15, -0.1) is 0 Å². The summed E-state index contributed by atoms with van der Waals surface area (Å²) in [5.41, 5.74) is 0.298. The summed E-state index contributed by atoms with van der Waals surface area (Å²) >= 11 is 0. The van der Waals surface area contributed by atoms with E-state index in [1.807, 2.05) is 30.3 Å². The Morgan fingerprint density at radius 1 is 1.07 bits per heavy atom. The second kappa shape index (κ2) is 7.57. The lowest BCUT2D eigenvalue weighted by molar-refractivity contribution is -0.384. The van der Waals surface area contributed by atoms with Crippen molar-refractivity contribution in [2.24, 2.45) is 0 Å². The minimum Gasteiger partial charge on any atom is -0.481 e. The van der Waals surface area contributed by atoms with Gasteiger partial charge in [0.15, 0.2) is 0 Å². The minimum absolute atomic E-state index is 0.0482. The second-order valence-corrected chi connectivity index (χ2v) is 6.74. The monoisotopic (exact) mass is 368 g/mol. The van der Waals surface area contributed by atoms with Crippen LogP contribution in [0.2, 0.25) is 0 Å². The van der Waals surface area contributed by atoms with E-state index in [4.69, 9.17) is 0 Å². The molecule has 0 aromatic heterocycles. The second-order valence-electron chi connectivity index (χ2n) is 6.74. The van der Waals surface area contributed by atoms with Crippen molar-refractivity contribution in [2.75, 3.05) is 13.1 Å². The number of amides is 1. The van der Waals surface area contributed by atoms with Crippen LogP contribution in [0.5, 0.6) is 0 Å². The highest BCUT2D eigenvalue weighted by Crippen LogP contribution is 2.36. The quantitative estimate of drug-likeness (QED) is 0.646. The van der Waals surface area contributed by atoms with Crippen LogP contribution in [0.3, 0.4) is 0 Å². The summed E-state index contributed by atoms with van der Waals surface area (Å²) in [6, 6.07) is 15.1. The topological polar surface area (TPSA) is 101 Å². The number of carboxylic acid groups (broad SMARTS) is 1. The number of carbonyl (C=O) groups excluding carboxylic acids is 1. The van der Waals surface area contributed by atoms with E-state index in [1.54, 1.807) is 17.0 Å². The Morgan fingerprint density at radius 2 is 1.74 bits per heavy atom. The van der Waals surface area contributed by atoms with E-state index >= 15 is 0 Å². The zero-order valence-corrected chi connectivity index (χ0v) is 14.7. The number of piperidine rings is 1. The molecule has 27 heavy (non-hydrogen) atoms. The normalized spacial score (nSPS) is 15.9. The number of hydrogen-bond acceptors (Lipinski definition) is 4. The zero-order chi connectivity index (χ0) is 19.4. The van der Waals surface area contributed by atoms with Crippen LogP contribution in [-0.4, -0.2) is 39.9 Å². The van der Waals surface area contributed by atoms with Crippen LogP contribution in [0.25, 0.3) is 0 Å². The number of aliphatic carboxylic acids is 1. The molecule has 0 spiro atoms. The Labute approximate surface area is 156 Å². The average Bonchev–Trinajstić information content (AvgIpc) is 2.68. The summed E-state index contributed by atoms with van der Waals surface area (Å²) in [6.07, 6.45) is 0.743. The lowest BCUT2D eigenvalue weighted by Gasteiger charge is -2.39. The Kier molecular flexibility index (Phi) is 5.21. The van der Waals surface area contributed by atoms with Gasteiger partial charge in [-0.2, -0.15) is 0 Å². The van der Waals surface area contributed by atoms with Crippen LogP contribution in [-0.2, 0) is 21.4 Å². The van der Waals surface area contributed by atoms with Crippen molar-refractivity contribution in [1.29, 1.82) is 0 Å². The van der Waals surface area contributed by atoms with Crippen molar-refractivity contribution in [3.8, 4) is 0 Å². The van der Waals surface area contributed by atoms with Crippen LogP contribution in [0, 0.1) is 10.1 Å². The van der Waals surface area contributed by atoms with E-state index in [1.165, 1.54) is 12.1 Å². The number of non-ortho nitro benzene ring substituents is 1. The standard InChI is InChI=1S/C20H20N2O5/c23-18(14-15-5-4-8-17(13-15)22(26)27)21-11-9-20(10-12-21,19(24)25)16-6-2-1-3-7-16/h1-8,13H,9-12,14H2,(H,24,25). The maximum Gasteiger partial charge on any atom is 0.314 e. The number of benzene rings is 2. The third-order valence-electron chi connectivity index (χ3n) is 5.18. The van der Waals surface area contributed by atoms with Crippen LogP contribution in [0.1, 0.15) is 24.0 Å². The van der Waals surface area contributed by atoms with E-state index in [-0.39, 0.29) is 18.0 Å². The zero-order valence-electron chi connectivity index (χ0n) is 14.7. The summed E-state index contributed by atoms with van der Waals surface area (Å²) in [6.45, 7) is 0.684. The number of nitro groups is 1. The van der Waals surface area contributed by atoms with Gasteiger partial charge in [0.1, 0.15) is 0 Å². The fourth-order valence-corrected chi connectivity index (χ4v) is 3.59. The largest absolute Gasteiger partial charge is 0.481 e. The molecule has 0 unspecified atom stereocenters. The maximum atomic E-state index is 12.6. The summed E-state index contributed by atoms with van der Waals surface area (Å²) in [5.74, 6) is -1.03. The highest BCUT2D eigenvalue weighted by molar-refractivity contribution is 5.83. The Morgan fingerprint density at radius 3 is 2.33 bits per heavy atom. The molecule has 1 saturated heterocycles. The van der Waals surface area contributed by atoms with Crippen LogP contribution in [0.4, 0.5) is 5.69 Å². The van der Waals surface area contributed by atoms with E-state index in [0.29, 0.717) is 31.5 Å². The summed E-state index contributed by atoms with van der Waals surface area (Å²) in [5, 5.41) is 20.7. The van der Waals surface area contributed by atoms with Crippen molar-refractivity contribution in [3.63, 3.8) is 0 Å². The molecule has 0 saturated carbocycles. The van der Waals surface area contributed by atoms with Gasteiger partial charge in [-0.3, -0.25) is 19.7 Å². The van der Waals surface area contributed by atoms with Crippen molar-refractivity contribution >= 4 is 17.6 Å². The molecule has 2 aromatic rings. The third kappa shape index (κ3) is 3.81. The van der Waals surface area contributed by atoms with Crippen molar-refractivity contribution in [3.05, 3.63) is 75.8 Å². The van der Waals surface area contributed by atoms with Gasteiger partial charge in [0.05, 0.1) is 16.8 Å². The maximum absolute atomic E-state index is 12.6. The highest BCUT2D eigenvalue weighted by atomic mass is 16.6. The first kappa shape index (κ1) is 18.6. The van der Waals surface area contributed by atoms with Crippen molar-refractivity contribution < 1.29 is 19.6 Å². The van der Waals surface area contributed by atoms with E-state index in [0.717, 1.165) is 5.56 Å². The number of nitrogens with zero attached hydrogens (tertiary/aromatic N) is 2. The van der Waals surface area contributed by atoms with E-state index < -0.39 is 16.3 Å². The number of carboxylic acids is 1. The molecule has 0 bridgehead atoms. The molecule has 3 rings (SSSR count). The predicted molar refractivity (Wildman–Crippen MR) is 98.4 cm³/mol. The first-order valence-corrected chi connectivity index (χ1v) is 8.72. The molecule has 1 fully saturated rings. The fourth-order valence-electron chi connectivity index (χ4n) is 3.59. The molecule has 1 N–H and O–H groups in total. The van der Waals surface area contributed by atoms with Gasteiger partial charge in [0.2, 0.25) is 5.91 Å². The number of rotatable bonds is 5. The summed E-state index contributed by atoms with van der Waals surface area (Å²) in [4.78, 5) is 36.6. The average molecular weight is 368 g/mol. The molecule has 7 nitrogen and oxygen atoms in total. The number of hydrogen-bond donors (Lipinski definition) is 1. The molecule has 0 atom stereocenters. The first-order valence-electron chi connectivity index (χ1n) is 8.72. The minimum atomic E-state index is -0.983. The van der Waals surface area contributed by atoms with Gasteiger partial charge in [-0.25, -0.2) is 0 Å². The third-order valence-corrected chi connectivity index (χ3v) is 5.18. The molecule has 140 valence electrons. The molecule has 1 aliphatic heterocycles. The Bertz CT molecular complexity index is 858. The molecule has 0 aliphatic carbocycles. The summed E-state index contributed by atoms with van der Waals surface area (Å²) in [7, 11) is 0. The molecule has 1 amide bonds. The van der Waals surface area contributed by atoms with Gasteiger partial charge in [0, 0.05) is 25.2 Å². The first-order chi connectivity index (χ1) is 12.9. The molecule has 1 aliphatic rings. The molecule has 0 radical (unpaired) electrons. The smallest absolute Gasteiger partial charge is 0.314 e. The van der Waals surface area contributed by atoms with Gasteiger partial charge in [-0.1, -0.05) is 42.5 Å². The predicted octanol–water partition coefficient (Wildman–Crippen LogP) is 2.78. The molecule has 1 heterocycles. The van der Waals surface area contributed by atoms with Gasteiger partial charge < -0.3 is 10.0 Å². The Balaban J connectivity index is 1.69. The van der Waals surface area contributed by atoms with Crippen LogP contribution >= 0.6 is 0 Å². The fraction of sp³-hybridized carbons (Fsp3) is 0.300. The molecular weight excluding hydrogens is 348 g/mol. The van der Waals surface area contributed by atoms with Crippen molar-refractivity contribution in [2.45, 2.75) is 24.7 Å². The summed E-state index contributed by atoms with van der Waals surface area (Å²) < 4.78 is 0. The number of likely N-dealkylation sites (tertiary alicyclic amines) is 1.